The summed E-state index contributed by atoms with van der Waals surface area (Å²) in [5.74, 6) is 1.73. The van der Waals surface area contributed by atoms with Crippen LogP contribution in [0.4, 0.5) is 0 Å². The lowest BCUT2D eigenvalue weighted by atomic mass is 10.1. The first-order chi connectivity index (χ1) is 10.8. The number of ether oxygens (including phenoxy) is 2. The van der Waals surface area contributed by atoms with Crippen molar-refractivity contribution in [2.75, 3.05) is 20.3 Å². The summed E-state index contributed by atoms with van der Waals surface area (Å²) in [4.78, 5) is 4.74. The zero-order valence-corrected chi connectivity index (χ0v) is 13.3. The average Bonchev–Trinajstić information content (AvgIpc) is 2.98. The average molecular weight is 301 g/mol. The van der Waals surface area contributed by atoms with E-state index in [0.29, 0.717) is 6.61 Å². The molecule has 0 amide bonds. The third kappa shape index (κ3) is 3.20. The fourth-order valence-corrected chi connectivity index (χ4v) is 2.80. The number of hydrogen-bond donors (Lipinski definition) is 0. The summed E-state index contributed by atoms with van der Waals surface area (Å²) in [6.07, 6.45) is 4.07. The van der Waals surface area contributed by atoms with Gasteiger partial charge in [0.2, 0.25) is 0 Å². The highest BCUT2D eigenvalue weighted by Crippen LogP contribution is 2.29. The van der Waals surface area contributed by atoms with E-state index in [1.54, 1.807) is 7.11 Å². The van der Waals surface area contributed by atoms with Gasteiger partial charge in [-0.2, -0.15) is 5.10 Å². The molecular weight excluding hydrogens is 278 g/mol. The lowest BCUT2D eigenvalue weighted by Crippen LogP contribution is -2.17. The summed E-state index contributed by atoms with van der Waals surface area (Å²) >= 11 is 0. The minimum atomic E-state index is 0.0390. The molecule has 0 spiro atoms. The van der Waals surface area contributed by atoms with Crippen LogP contribution in [0.5, 0.6) is 0 Å². The highest BCUT2D eigenvalue weighted by atomic mass is 16.5. The van der Waals surface area contributed by atoms with Crippen molar-refractivity contribution in [3.8, 4) is 5.69 Å². The van der Waals surface area contributed by atoms with Gasteiger partial charge in [0.1, 0.15) is 6.10 Å². The van der Waals surface area contributed by atoms with Gasteiger partial charge in [0.25, 0.3) is 0 Å². The number of hydrogen-bond acceptors (Lipinski definition) is 4. The predicted molar refractivity (Wildman–Crippen MR) is 84.2 cm³/mol. The largest absolute Gasteiger partial charge is 0.384 e. The van der Waals surface area contributed by atoms with Crippen LogP contribution in [-0.4, -0.2) is 35.1 Å². The van der Waals surface area contributed by atoms with Crippen LogP contribution in [0.15, 0.2) is 24.3 Å². The molecule has 1 aromatic heterocycles. The number of nitrogens with zero attached hydrogens (tertiary/aromatic N) is 3. The van der Waals surface area contributed by atoms with E-state index in [9.17, 15) is 0 Å². The lowest BCUT2D eigenvalue weighted by molar-refractivity contribution is 0.00815. The topological polar surface area (TPSA) is 49.2 Å². The van der Waals surface area contributed by atoms with Crippen molar-refractivity contribution in [1.29, 1.82) is 0 Å². The molecule has 1 fully saturated rings. The van der Waals surface area contributed by atoms with Gasteiger partial charge < -0.3 is 9.47 Å². The van der Waals surface area contributed by atoms with E-state index in [-0.39, 0.29) is 6.10 Å². The Kier molecular flexibility index (Phi) is 4.85. The van der Waals surface area contributed by atoms with Crippen LogP contribution in [0, 0.1) is 6.92 Å². The van der Waals surface area contributed by atoms with Gasteiger partial charge in [-0.15, -0.1) is 0 Å². The third-order valence-corrected chi connectivity index (χ3v) is 4.02. The van der Waals surface area contributed by atoms with Crippen molar-refractivity contribution in [2.45, 2.75) is 38.7 Å². The van der Waals surface area contributed by atoms with Gasteiger partial charge in [0.15, 0.2) is 11.6 Å². The van der Waals surface area contributed by atoms with Crippen LogP contribution in [0.2, 0.25) is 0 Å². The molecular formula is C17H23N3O2. The maximum absolute atomic E-state index is 5.93. The number of para-hydroxylation sites is 1. The molecule has 0 bridgehead atoms. The number of benzene rings is 1. The molecule has 0 N–H and O–H groups in total. The Hall–Kier alpha value is -1.72. The van der Waals surface area contributed by atoms with Crippen LogP contribution in [0.3, 0.4) is 0 Å². The Balaban J connectivity index is 1.98. The summed E-state index contributed by atoms with van der Waals surface area (Å²) in [5.41, 5.74) is 2.26. The zero-order valence-electron chi connectivity index (χ0n) is 13.3. The molecule has 1 atom stereocenters. The van der Waals surface area contributed by atoms with E-state index in [4.69, 9.17) is 19.6 Å². The summed E-state index contributed by atoms with van der Waals surface area (Å²) in [6.45, 7) is 3.53. The molecule has 0 saturated carbocycles. The van der Waals surface area contributed by atoms with E-state index in [1.807, 2.05) is 16.8 Å². The lowest BCUT2D eigenvalue weighted by Gasteiger charge is -2.22. The molecule has 0 unspecified atom stereocenters. The SMILES string of the molecule is COCCc1nc([C@H]2CCCCO2)n(-c2ccccc2C)n1. The number of rotatable bonds is 5. The standard InChI is InChI=1S/C17H23N3O2/c1-13-7-3-4-8-14(13)20-17(15-9-5-6-11-22-15)18-16(19-20)10-12-21-2/h3-4,7-8,15H,5-6,9-12H2,1-2H3/t15-/m1/s1. The second kappa shape index (κ2) is 7.03. The van der Waals surface area contributed by atoms with Crippen LogP contribution in [0.25, 0.3) is 5.69 Å². The van der Waals surface area contributed by atoms with Crippen LogP contribution >= 0.6 is 0 Å². The molecule has 1 aliphatic rings. The van der Waals surface area contributed by atoms with Gasteiger partial charge in [-0.05, 0) is 37.8 Å². The van der Waals surface area contributed by atoms with Gasteiger partial charge >= 0.3 is 0 Å². The Morgan fingerprint density at radius 1 is 1.32 bits per heavy atom. The fraction of sp³-hybridized carbons (Fsp3) is 0.529. The predicted octanol–water partition coefficient (Wildman–Crippen LogP) is 3.01. The summed E-state index contributed by atoms with van der Waals surface area (Å²) in [5, 5.41) is 4.70. The highest BCUT2D eigenvalue weighted by molar-refractivity contribution is 5.40. The van der Waals surface area contributed by atoms with E-state index >= 15 is 0 Å². The van der Waals surface area contributed by atoms with Crippen molar-refractivity contribution < 1.29 is 9.47 Å². The minimum Gasteiger partial charge on any atom is -0.384 e. The van der Waals surface area contributed by atoms with Crippen molar-refractivity contribution >= 4 is 0 Å². The van der Waals surface area contributed by atoms with Crippen molar-refractivity contribution in [2.24, 2.45) is 0 Å². The van der Waals surface area contributed by atoms with Crippen LogP contribution in [-0.2, 0) is 15.9 Å². The molecule has 5 heteroatoms. The molecule has 1 aromatic carbocycles. The summed E-state index contributed by atoms with van der Waals surface area (Å²) in [6, 6.07) is 8.25. The molecule has 0 aliphatic carbocycles. The second-order valence-electron chi connectivity index (χ2n) is 5.68. The van der Waals surface area contributed by atoms with Gasteiger partial charge in [-0.1, -0.05) is 18.2 Å². The number of aromatic nitrogens is 3. The smallest absolute Gasteiger partial charge is 0.161 e. The molecule has 1 aliphatic heterocycles. The minimum absolute atomic E-state index is 0.0390. The first-order valence-electron chi connectivity index (χ1n) is 7.92. The number of aryl methyl sites for hydroxylation is 1. The maximum atomic E-state index is 5.93. The summed E-state index contributed by atoms with van der Waals surface area (Å²) < 4.78 is 13.0. The van der Waals surface area contributed by atoms with E-state index in [2.05, 4.69) is 19.1 Å². The first kappa shape index (κ1) is 15.2. The third-order valence-electron chi connectivity index (χ3n) is 4.02. The highest BCUT2D eigenvalue weighted by Gasteiger charge is 2.24. The first-order valence-corrected chi connectivity index (χ1v) is 7.92. The molecule has 2 heterocycles. The van der Waals surface area contributed by atoms with Gasteiger partial charge in [-0.3, -0.25) is 0 Å². The van der Waals surface area contributed by atoms with Gasteiger partial charge in [-0.25, -0.2) is 9.67 Å². The van der Waals surface area contributed by atoms with Crippen LogP contribution < -0.4 is 0 Å². The van der Waals surface area contributed by atoms with Crippen molar-refractivity contribution in [3.63, 3.8) is 0 Å². The molecule has 5 nitrogen and oxygen atoms in total. The Morgan fingerprint density at radius 3 is 2.91 bits per heavy atom. The Bertz CT molecular complexity index is 618. The molecule has 22 heavy (non-hydrogen) atoms. The van der Waals surface area contributed by atoms with Crippen molar-refractivity contribution in [1.82, 2.24) is 14.8 Å². The van der Waals surface area contributed by atoms with Gasteiger partial charge in [0, 0.05) is 20.1 Å². The van der Waals surface area contributed by atoms with E-state index < -0.39 is 0 Å². The van der Waals surface area contributed by atoms with Gasteiger partial charge in [0.05, 0.1) is 12.3 Å². The fourth-order valence-electron chi connectivity index (χ4n) is 2.80. The maximum Gasteiger partial charge on any atom is 0.161 e. The Morgan fingerprint density at radius 2 is 2.18 bits per heavy atom. The van der Waals surface area contributed by atoms with E-state index in [0.717, 1.165) is 43.2 Å². The molecule has 3 rings (SSSR count). The molecule has 1 saturated heterocycles. The second-order valence-corrected chi connectivity index (χ2v) is 5.68. The number of methoxy groups -OCH3 is 1. The molecule has 2 aromatic rings. The Labute approximate surface area is 131 Å². The summed E-state index contributed by atoms with van der Waals surface area (Å²) in [7, 11) is 1.70. The monoisotopic (exact) mass is 301 g/mol. The normalized spacial score (nSPS) is 18.5. The van der Waals surface area contributed by atoms with Crippen LogP contribution in [0.1, 0.15) is 42.6 Å². The zero-order chi connectivity index (χ0) is 15.4. The van der Waals surface area contributed by atoms with E-state index in [1.165, 1.54) is 12.0 Å². The molecule has 0 radical (unpaired) electrons. The quantitative estimate of drug-likeness (QED) is 0.852. The molecule has 118 valence electrons. The van der Waals surface area contributed by atoms with Crippen molar-refractivity contribution in [3.05, 3.63) is 41.5 Å².